The Morgan fingerprint density at radius 3 is 2.27 bits per heavy atom. The summed E-state index contributed by atoms with van der Waals surface area (Å²) >= 11 is 0. The Labute approximate surface area is 91.9 Å². The van der Waals surface area contributed by atoms with E-state index in [9.17, 15) is 5.11 Å². The van der Waals surface area contributed by atoms with Crippen LogP contribution in [-0.2, 0) is 5.41 Å². The van der Waals surface area contributed by atoms with E-state index < -0.39 is 0 Å². The number of rotatable bonds is 2. The molecule has 0 spiro atoms. The Morgan fingerprint density at radius 1 is 1.20 bits per heavy atom. The highest BCUT2D eigenvalue weighted by Crippen LogP contribution is 2.34. The molecule has 2 nitrogen and oxygen atoms in total. The number of benzene rings is 1. The summed E-state index contributed by atoms with van der Waals surface area (Å²) < 4.78 is 5.69. The molecule has 0 radical (unpaired) electrons. The molecule has 0 fully saturated rings. The van der Waals surface area contributed by atoms with Crippen LogP contribution in [0.15, 0.2) is 18.2 Å². The van der Waals surface area contributed by atoms with Crippen molar-refractivity contribution in [3.63, 3.8) is 0 Å². The first-order valence-corrected chi connectivity index (χ1v) is 5.31. The minimum Gasteiger partial charge on any atom is -0.508 e. The number of phenols is 1. The summed E-state index contributed by atoms with van der Waals surface area (Å²) in [4.78, 5) is 0. The van der Waals surface area contributed by atoms with Gasteiger partial charge in [0, 0.05) is 6.07 Å². The van der Waals surface area contributed by atoms with Crippen LogP contribution in [0.5, 0.6) is 11.5 Å². The normalized spacial score (nSPS) is 11.9. The van der Waals surface area contributed by atoms with Gasteiger partial charge in [-0.05, 0) is 30.9 Å². The largest absolute Gasteiger partial charge is 0.508 e. The predicted molar refractivity (Wildman–Crippen MR) is 62.6 cm³/mol. The van der Waals surface area contributed by atoms with E-state index in [1.165, 1.54) is 0 Å². The summed E-state index contributed by atoms with van der Waals surface area (Å²) in [6.07, 6.45) is 0.118. The summed E-state index contributed by atoms with van der Waals surface area (Å²) in [6, 6.07) is 5.31. The second-order valence-corrected chi connectivity index (χ2v) is 5.10. The van der Waals surface area contributed by atoms with Crippen molar-refractivity contribution in [2.45, 2.75) is 46.1 Å². The average molecular weight is 208 g/mol. The Bertz CT molecular complexity index is 335. The summed E-state index contributed by atoms with van der Waals surface area (Å²) in [6.45, 7) is 10.4. The maximum atomic E-state index is 9.44. The van der Waals surface area contributed by atoms with Crippen LogP contribution in [0.2, 0.25) is 0 Å². The molecule has 1 N–H and O–H groups in total. The molecule has 0 aliphatic rings. The smallest absolute Gasteiger partial charge is 0.127 e. The van der Waals surface area contributed by atoms with Crippen LogP contribution < -0.4 is 4.74 Å². The van der Waals surface area contributed by atoms with Gasteiger partial charge < -0.3 is 9.84 Å². The van der Waals surface area contributed by atoms with E-state index in [-0.39, 0.29) is 17.3 Å². The third kappa shape index (κ3) is 3.15. The van der Waals surface area contributed by atoms with E-state index in [1.54, 1.807) is 12.1 Å². The molecule has 0 saturated carbocycles. The van der Waals surface area contributed by atoms with Gasteiger partial charge in [0.2, 0.25) is 0 Å². The number of phenolic OH excluding ortho intramolecular Hbond substituents is 1. The zero-order valence-corrected chi connectivity index (χ0v) is 10.2. The molecular weight excluding hydrogens is 188 g/mol. The Hall–Kier alpha value is -1.18. The number of hydrogen-bond acceptors (Lipinski definition) is 2. The highest BCUT2D eigenvalue weighted by molar-refractivity contribution is 5.43. The lowest BCUT2D eigenvalue weighted by Crippen LogP contribution is -2.15. The molecule has 0 heterocycles. The minimum atomic E-state index is 0.0257. The van der Waals surface area contributed by atoms with Crippen molar-refractivity contribution in [1.29, 1.82) is 0 Å². The molecule has 0 saturated heterocycles. The summed E-state index contributed by atoms with van der Waals surface area (Å²) in [7, 11) is 0. The molecule has 0 aromatic heterocycles. The van der Waals surface area contributed by atoms with Gasteiger partial charge in [-0.1, -0.05) is 26.8 Å². The molecule has 1 aromatic rings. The van der Waals surface area contributed by atoms with Gasteiger partial charge in [-0.15, -0.1) is 0 Å². The fourth-order valence-electron chi connectivity index (χ4n) is 1.48. The minimum absolute atomic E-state index is 0.0257. The van der Waals surface area contributed by atoms with Crippen LogP contribution in [0, 0.1) is 0 Å². The van der Waals surface area contributed by atoms with E-state index in [0.717, 1.165) is 11.3 Å². The monoisotopic (exact) mass is 208 g/mol. The van der Waals surface area contributed by atoms with E-state index in [0.29, 0.717) is 0 Å². The Balaban J connectivity index is 3.15. The maximum Gasteiger partial charge on any atom is 0.127 e. The topological polar surface area (TPSA) is 29.5 Å². The first-order chi connectivity index (χ1) is 6.80. The fraction of sp³-hybridized carbons (Fsp3) is 0.538. The van der Waals surface area contributed by atoms with Gasteiger partial charge in [0.25, 0.3) is 0 Å². The standard InChI is InChI=1S/C13H20O2/c1-9(2)15-12-8-10(14)6-7-11(12)13(3,4)5/h6-9,14H,1-5H3. The number of aromatic hydroxyl groups is 1. The molecule has 0 atom stereocenters. The SMILES string of the molecule is CC(C)Oc1cc(O)ccc1C(C)(C)C. The van der Waals surface area contributed by atoms with E-state index in [1.807, 2.05) is 19.9 Å². The zero-order chi connectivity index (χ0) is 11.6. The molecule has 84 valence electrons. The molecular formula is C13H20O2. The predicted octanol–water partition coefficient (Wildman–Crippen LogP) is 3.48. The van der Waals surface area contributed by atoms with Gasteiger partial charge in [-0.3, -0.25) is 0 Å². The number of ether oxygens (including phenoxy) is 1. The van der Waals surface area contributed by atoms with Crippen molar-refractivity contribution < 1.29 is 9.84 Å². The van der Waals surface area contributed by atoms with Crippen molar-refractivity contribution in [3.8, 4) is 11.5 Å². The lowest BCUT2D eigenvalue weighted by molar-refractivity contribution is 0.235. The van der Waals surface area contributed by atoms with Crippen LogP contribution in [0.25, 0.3) is 0 Å². The van der Waals surface area contributed by atoms with Crippen molar-refractivity contribution in [1.82, 2.24) is 0 Å². The Morgan fingerprint density at radius 2 is 1.80 bits per heavy atom. The zero-order valence-electron chi connectivity index (χ0n) is 10.2. The molecule has 0 amide bonds. The first-order valence-electron chi connectivity index (χ1n) is 5.31. The number of hydrogen-bond donors (Lipinski definition) is 1. The van der Waals surface area contributed by atoms with Crippen LogP contribution in [0.1, 0.15) is 40.2 Å². The molecule has 0 unspecified atom stereocenters. The first kappa shape index (κ1) is 11.9. The second-order valence-electron chi connectivity index (χ2n) is 5.10. The van der Waals surface area contributed by atoms with Gasteiger partial charge in [0.05, 0.1) is 6.10 Å². The van der Waals surface area contributed by atoms with Gasteiger partial charge in [-0.25, -0.2) is 0 Å². The van der Waals surface area contributed by atoms with Crippen LogP contribution >= 0.6 is 0 Å². The molecule has 1 rings (SSSR count). The van der Waals surface area contributed by atoms with Crippen LogP contribution in [0.4, 0.5) is 0 Å². The Kier molecular flexibility index (Phi) is 3.28. The van der Waals surface area contributed by atoms with E-state index >= 15 is 0 Å². The lowest BCUT2D eigenvalue weighted by atomic mass is 9.86. The van der Waals surface area contributed by atoms with Gasteiger partial charge in [0.15, 0.2) is 0 Å². The van der Waals surface area contributed by atoms with Crippen LogP contribution in [-0.4, -0.2) is 11.2 Å². The summed E-state index contributed by atoms with van der Waals surface area (Å²) in [5.74, 6) is 1.02. The van der Waals surface area contributed by atoms with Crippen molar-refractivity contribution in [2.24, 2.45) is 0 Å². The summed E-state index contributed by atoms with van der Waals surface area (Å²) in [5, 5.41) is 9.44. The molecule has 0 aliphatic carbocycles. The third-order valence-electron chi connectivity index (χ3n) is 2.14. The second kappa shape index (κ2) is 4.13. The fourth-order valence-corrected chi connectivity index (χ4v) is 1.48. The van der Waals surface area contributed by atoms with E-state index in [2.05, 4.69) is 20.8 Å². The van der Waals surface area contributed by atoms with Gasteiger partial charge in [0.1, 0.15) is 11.5 Å². The average Bonchev–Trinajstić information content (AvgIpc) is 1.99. The highest BCUT2D eigenvalue weighted by Gasteiger charge is 2.19. The molecule has 2 heteroatoms. The van der Waals surface area contributed by atoms with Crippen molar-refractivity contribution >= 4 is 0 Å². The third-order valence-corrected chi connectivity index (χ3v) is 2.14. The molecule has 0 aliphatic heterocycles. The van der Waals surface area contributed by atoms with Gasteiger partial charge in [-0.2, -0.15) is 0 Å². The molecule has 15 heavy (non-hydrogen) atoms. The quantitative estimate of drug-likeness (QED) is 0.806. The van der Waals surface area contributed by atoms with Gasteiger partial charge >= 0.3 is 0 Å². The van der Waals surface area contributed by atoms with Crippen molar-refractivity contribution in [3.05, 3.63) is 23.8 Å². The van der Waals surface area contributed by atoms with Crippen LogP contribution in [0.3, 0.4) is 0 Å². The lowest BCUT2D eigenvalue weighted by Gasteiger charge is -2.24. The molecule has 0 bridgehead atoms. The summed E-state index contributed by atoms with van der Waals surface area (Å²) in [5.41, 5.74) is 1.15. The molecule has 1 aromatic carbocycles. The van der Waals surface area contributed by atoms with Crippen molar-refractivity contribution in [2.75, 3.05) is 0 Å². The highest BCUT2D eigenvalue weighted by atomic mass is 16.5. The maximum absolute atomic E-state index is 9.44. The van der Waals surface area contributed by atoms with E-state index in [4.69, 9.17) is 4.74 Å².